The molecular formula is C16H28. The van der Waals surface area contributed by atoms with E-state index in [0.29, 0.717) is 11.3 Å². The molecule has 0 amide bonds. The fourth-order valence-electron chi connectivity index (χ4n) is 1.87. The number of hydrogen-bond acceptors (Lipinski definition) is 0. The predicted molar refractivity (Wildman–Crippen MR) is 75.6 cm³/mol. The minimum Gasteiger partial charge on any atom is -0.0961 e. The van der Waals surface area contributed by atoms with Crippen molar-refractivity contribution in [3.05, 3.63) is 36.0 Å². The van der Waals surface area contributed by atoms with Crippen LogP contribution in [0.1, 0.15) is 54.4 Å². The van der Waals surface area contributed by atoms with Crippen LogP contribution in [0.2, 0.25) is 0 Å². The highest BCUT2D eigenvalue weighted by Crippen LogP contribution is 2.35. The Bertz CT molecular complexity index is 274. The first-order valence-corrected chi connectivity index (χ1v) is 6.26. The minimum absolute atomic E-state index is 0.318. The van der Waals surface area contributed by atoms with E-state index in [0.717, 1.165) is 12.0 Å². The fourth-order valence-corrected chi connectivity index (χ4v) is 1.87. The maximum Gasteiger partial charge on any atom is -0.0118 e. The maximum absolute atomic E-state index is 3.87. The third-order valence-electron chi connectivity index (χ3n) is 3.19. The number of hydrogen-bond donors (Lipinski definition) is 0. The molecule has 0 saturated heterocycles. The van der Waals surface area contributed by atoms with Crippen LogP contribution in [0.25, 0.3) is 0 Å². The van der Waals surface area contributed by atoms with Gasteiger partial charge >= 0.3 is 0 Å². The second kappa shape index (κ2) is 6.73. The summed E-state index contributed by atoms with van der Waals surface area (Å²) in [5.74, 6) is 0.681. The zero-order valence-corrected chi connectivity index (χ0v) is 11.9. The Kier molecular flexibility index (Phi) is 6.40. The molecule has 0 radical (unpaired) electrons. The van der Waals surface area contributed by atoms with Crippen molar-refractivity contribution >= 4 is 0 Å². The van der Waals surface area contributed by atoms with Crippen molar-refractivity contribution in [3.63, 3.8) is 0 Å². The molecule has 16 heavy (non-hydrogen) atoms. The van der Waals surface area contributed by atoms with Crippen LogP contribution in [0.3, 0.4) is 0 Å². The quantitative estimate of drug-likeness (QED) is 0.408. The van der Waals surface area contributed by atoms with E-state index < -0.39 is 0 Å². The Hall–Kier alpha value is -0.780. The molecule has 0 N–H and O–H groups in total. The van der Waals surface area contributed by atoms with Gasteiger partial charge in [-0.3, -0.25) is 0 Å². The van der Waals surface area contributed by atoms with Gasteiger partial charge in [-0.15, -0.1) is 0 Å². The van der Waals surface area contributed by atoms with E-state index >= 15 is 0 Å². The zero-order chi connectivity index (χ0) is 12.8. The van der Waals surface area contributed by atoms with Crippen molar-refractivity contribution in [2.75, 3.05) is 0 Å². The van der Waals surface area contributed by atoms with Gasteiger partial charge in [0.2, 0.25) is 0 Å². The van der Waals surface area contributed by atoms with Gasteiger partial charge < -0.3 is 0 Å². The van der Waals surface area contributed by atoms with Crippen LogP contribution < -0.4 is 0 Å². The summed E-state index contributed by atoms with van der Waals surface area (Å²) in [6.07, 6.45) is 9.11. The molecule has 0 fully saturated rings. The summed E-state index contributed by atoms with van der Waals surface area (Å²) in [6, 6.07) is 0. The van der Waals surface area contributed by atoms with E-state index in [1.54, 1.807) is 0 Å². The number of rotatable bonds is 6. The summed E-state index contributed by atoms with van der Waals surface area (Å²) in [4.78, 5) is 0. The summed E-state index contributed by atoms with van der Waals surface area (Å²) in [6.45, 7) is 17.3. The lowest BCUT2D eigenvalue weighted by atomic mass is 9.74. The highest BCUT2D eigenvalue weighted by molar-refractivity contribution is 5.11. The Morgan fingerprint density at radius 3 is 2.19 bits per heavy atom. The molecule has 0 aromatic heterocycles. The van der Waals surface area contributed by atoms with E-state index in [1.807, 2.05) is 6.92 Å². The van der Waals surface area contributed by atoms with Crippen molar-refractivity contribution in [1.82, 2.24) is 0 Å². The van der Waals surface area contributed by atoms with Crippen LogP contribution in [0, 0.1) is 11.3 Å². The molecule has 1 atom stereocenters. The van der Waals surface area contributed by atoms with Gasteiger partial charge in [-0.2, -0.15) is 0 Å². The molecule has 0 spiro atoms. The summed E-state index contributed by atoms with van der Waals surface area (Å²) in [5, 5.41) is 0. The standard InChI is InChI=1S/C16H28/c1-13(2)10-8-9-11-16(7,15(5)6)12-14(3)4/h8,10,12,15H,1,9,11H2,2-7H3/b10-8-. The van der Waals surface area contributed by atoms with E-state index in [1.165, 1.54) is 12.0 Å². The van der Waals surface area contributed by atoms with Crippen LogP contribution >= 0.6 is 0 Å². The average Bonchev–Trinajstić information content (AvgIpc) is 2.10. The molecule has 0 rings (SSSR count). The van der Waals surface area contributed by atoms with Crippen molar-refractivity contribution in [3.8, 4) is 0 Å². The normalized spacial score (nSPS) is 15.2. The highest BCUT2D eigenvalue weighted by Gasteiger charge is 2.24. The van der Waals surface area contributed by atoms with Gasteiger partial charge in [0, 0.05) is 0 Å². The Labute approximate surface area is 102 Å². The molecule has 0 nitrogen and oxygen atoms in total. The first kappa shape index (κ1) is 15.2. The van der Waals surface area contributed by atoms with Crippen molar-refractivity contribution in [2.24, 2.45) is 11.3 Å². The SMILES string of the molecule is C=C(C)/C=C\CCC(C)(C=C(C)C)C(C)C. The summed E-state index contributed by atoms with van der Waals surface area (Å²) >= 11 is 0. The van der Waals surface area contributed by atoms with Gasteiger partial charge in [0.05, 0.1) is 0 Å². The second-order valence-corrected chi connectivity index (χ2v) is 5.67. The van der Waals surface area contributed by atoms with Gasteiger partial charge in [-0.25, -0.2) is 0 Å². The van der Waals surface area contributed by atoms with Crippen molar-refractivity contribution < 1.29 is 0 Å². The topological polar surface area (TPSA) is 0 Å². The van der Waals surface area contributed by atoms with Crippen molar-refractivity contribution in [1.29, 1.82) is 0 Å². The Morgan fingerprint density at radius 1 is 1.25 bits per heavy atom. The monoisotopic (exact) mass is 220 g/mol. The first-order valence-electron chi connectivity index (χ1n) is 6.26. The molecule has 92 valence electrons. The predicted octanol–water partition coefficient (Wildman–Crippen LogP) is 5.53. The highest BCUT2D eigenvalue weighted by atomic mass is 14.3. The smallest absolute Gasteiger partial charge is 0.0118 e. The largest absolute Gasteiger partial charge is 0.0961 e. The van der Waals surface area contributed by atoms with Crippen LogP contribution in [0.4, 0.5) is 0 Å². The molecule has 0 aliphatic carbocycles. The summed E-state index contributed by atoms with van der Waals surface area (Å²) in [5.41, 5.74) is 2.87. The van der Waals surface area contributed by atoms with Crippen LogP contribution in [0.5, 0.6) is 0 Å². The van der Waals surface area contributed by atoms with E-state index in [2.05, 4.69) is 59.4 Å². The summed E-state index contributed by atoms with van der Waals surface area (Å²) < 4.78 is 0. The molecule has 0 aromatic carbocycles. The molecule has 0 heteroatoms. The molecule has 0 saturated carbocycles. The average molecular weight is 220 g/mol. The van der Waals surface area contributed by atoms with E-state index in [4.69, 9.17) is 0 Å². The lowest BCUT2D eigenvalue weighted by Gasteiger charge is -2.31. The minimum atomic E-state index is 0.318. The number of allylic oxidation sites excluding steroid dienone is 5. The van der Waals surface area contributed by atoms with E-state index in [-0.39, 0.29) is 0 Å². The maximum atomic E-state index is 3.87. The van der Waals surface area contributed by atoms with Gasteiger partial charge in [-0.1, -0.05) is 56.7 Å². The molecular weight excluding hydrogens is 192 g/mol. The Morgan fingerprint density at radius 2 is 1.81 bits per heavy atom. The third kappa shape index (κ3) is 5.95. The molecule has 1 unspecified atom stereocenters. The van der Waals surface area contributed by atoms with Gasteiger partial charge in [0.1, 0.15) is 0 Å². The lowest BCUT2D eigenvalue weighted by molar-refractivity contribution is 0.275. The molecule has 0 aromatic rings. The van der Waals surface area contributed by atoms with E-state index in [9.17, 15) is 0 Å². The van der Waals surface area contributed by atoms with Crippen LogP contribution in [-0.4, -0.2) is 0 Å². The van der Waals surface area contributed by atoms with Crippen LogP contribution in [-0.2, 0) is 0 Å². The first-order chi connectivity index (χ1) is 7.28. The zero-order valence-electron chi connectivity index (χ0n) is 11.9. The lowest BCUT2D eigenvalue weighted by Crippen LogP contribution is -2.21. The molecule has 0 heterocycles. The second-order valence-electron chi connectivity index (χ2n) is 5.67. The molecule has 0 aliphatic rings. The van der Waals surface area contributed by atoms with Crippen molar-refractivity contribution in [2.45, 2.75) is 54.4 Å². The molecule has 0 bridgehead atoms. The summed E-state index contributed by atoms with van der Waals surface area (Å²) in [7, 11) is 0. The van der Waals surface area contributed by atoms with Crippen LogP contribution in [0.15, 0.2) is 36.0 Å². The van der Waals surface area contributed by atoms with Gasteiger partial charge in [0.15, 0.2) is 0 Å². The van der Waals surface area contributed by atoms with Gasteiger partial charge in [-0.05, 0) is 44.9 Å². The Balaban J connectivity index is 4.47. The molecule has 0 aliphatic heterocycles. The van der Waals surface area contributed by atoms with Gasteiger partial charge in [0.25, 0.3) is 0 Å². The fraction of sp³-hybridized carbons (Fsp3) is 0.625. The third-order valence-corrected chi connectivity index (χ3v) is 3.19.